The zero-order valence-electron chi connectivity index (χ0n) is 22.0. The molecule has 3 heteroatoms. The standard InChI is InChI=1S/C20H32NP.C10H18.Ti/c1-2-10-17(9-1)21-22(18-11-3-4-12-18,19-13-5-6-14-19)20-15-7-8-16-20;1-9(2)7-5-6-8-10(3)4;/h1-2,9,18-20H,3-8,10-16H2;5-10H,1-4H3;. The minimum Gasteiger partial charge on any atom is -0.271 e. The van der Waals surface area contributed by atoms with Gasteiger partial charge in [0, 0.05) is 33.8 Å². The topological polar surface area (TPSA) is 12.4 Å². The summed E-state index contributed by atoms with van der Waals surface area (Å²) in [7, 11) is -1.17. The zero-order valence-corrected chi connectivity index (χ0v) is 24.5. The molecule has 0 bridgehead atoms. The fraction of sp³-hybridized carbons (Fsp3) is 0.733. The molecule has 0 heterocycles. The summed E-state index contributed by atoms with van der Waals surface area (Å²) in [6.45, 7) is 8.72. The summed E-state index contributed by atoms with van der Waals surface area (Å²) in [5, 5.41) is 0. The molecule has 4 aliphatic rings. The Morgan fingerprint density at radius 3 is 1.42 bits per heavy atom. The third kappa shape index (κ3) is 8.51. The van der Waals surface area contributed by atoms with Crippen molar-refractivity contribution in [2.24, 2.45) is 16.6 Å². The van der Waals surface area contributed by atoms with Crippen molar-refractivity contribution >= 4 is 7.05 Å². The van der Waals surface area contributed by atoms with Crippen LogP contribution in [0, 0.1) is 11.8 Å². The summed E-state index contributed by atoms with van der Waals surface area (Å²) >= 11 is 0. The predicted octanol–water partition coefficient (Wildman–Crippen LogP) is 10.3. The molecule has 33 heavy (non-hydrogen) atoms. The van der Waals surface area contributed by atoms with Crippen LogP contribution < -0.4 is 0 Å². The number of allylic oxidation sites excluding steroid dienone is 7. The Morgan fingerprint density at radius 2 is 1.12 bits per heavy atom. The number of nitrogens with zero attached hydrogens (tertiary/aromatic N) is 1. The van der Waals surface area contributed by atoms with Crippen molar-refractivity contribution in [1.82, 2.24) is 0 Å². The average molecular weight is 504 g/mol. The summed E-state index contributed by atoms with van der Waals surface area (Å²) in [4.78, 5) is 0. The van der Waals surface area contributed by atoms with Crippen LogP contribution in [0.25, 0.3) is 0 Å². The van der Waals surface area contributed by atoms with Crippen LogP contribution >= 0.6 is 7.05 Å². The Morgan fingerprint density at radius 1 is 0.727 bits per heavy atom. The SMILES string of the molecule is C1=CCC(N=P(C2CCCC2)(C2CCCC2)C2CCCC2)=C1.CC(C)C=CC=CC(C)C.[Ti]. The van der Waals surface area contributed by atoms with Crippen LogP contribution in [0.5, 0.6) is 0 Å². The second-order valence-electron chi connectivity index (χ2n) is 11.3. The van der Waals surface area contributed by atoms with E-state index >= 15 is 0 Å². The largest absolute Gasteiger partial charge is 0.271 e. The van der Waals surface area contributed by atoms with Gasteiger partial charge in [-0.05, 0) is 80.5 Å². The van der Waals surface area contributed by atoms with Crippen molar-refractivity contribution < 1.29 is 21.7 Å². The van der Waals surface area contributed by atoms with Gasteiger partial charge in [0.2, 0.25) is 0 Å². The smallest absolute Gasteiger partial charge is 0.0425 e. The van der Waals surface area contributed by atoms with E-state index in [4.69, 9.17) is 4.74 Å². The Balaban J connectivity index is 0.000000302. The Hall–Kier alpha value is -0.0957. The van der Waals surface area contributed by atoms with E-state index in [-0.39, 0.29) is 21.7 Å². The third-order valence-corrected chi connectivity index (χ3v) is 13.5. The first-order valence-corrected chi connectivity index (χ1v) is 15.8. The van der Waals surface area contributed by atoms with Gasteiger partial charge in [0.25, 0.3) is 0 Å². The maximum Gasteiger partial charge on any atom is 0.0425 e. The molecule has 0 aromatic rings. The third-order valence-electron chi connectivity index (χ3n) is 7.89. The first-order valence-electron chi connectivity index (χ1n) is 13.8. The van der Waals surface area contributed by atoms with Crippen molar-refractivity contribution in [3.8, 4) is 0 Å². The summed E-state index contributed by atoms with van der Waals surface area (Å²) in [6.07, 6.45) is 34.6. The molecular weight excluding hydrogens is 453 g/mol. The van der Waals surface area contributed by atoms with Crippen molar-refractivity contribution in [2.45, 2.75) is 128 Å². The summed E-state index contributed by atoms with van der Waals surface area (Å²) in [5.41, 5.74) is 4.44. The molecule has 0 amide bonds. The summed E-state index contributed by atoms with van der Waals surface area (Å²) < 4.78 is 5.76. The minimum absolute atomic E-state index is 0. The van der Waals surface area contributed by atoms with E-state index in [1.54, 1.807) is 0 Å². The van der Waals surface area contributed by atoms with Crippen molar-refractivity contribution in [1.29, 1.82) is 0 Å². The first-order chi connectivity index (χ1) is 15.5. The van der Waals surface area contributed by atoms with Crippen LogP contribution in [-0.2, 0) is 21.7 Å². The fourth-order valence-electron chi connectivity index (χ4n) is 6.40. The van der Waals surface area contributed by atoms with Gasteiger partial charge >= 0.3 is 0 Å². The van der Waals surface area contributed by atoms with Crippen LogP contribution in [-0.4, -0.2) is 17.0 Å². The van der Waals surface area contributed by atoms with Crippen molar-refractivity contribution in [2.75, 3.05) is 0 Å². The molecule has 0 unspecified atom stereocenters. The number of rotatable bonds is 7. The van der Waals surface area contributed by atoms with Crippen LogP contribution in [0.4, 0.5) is 0 Å². The van der Waals surface area contributed by atoms with Gasteiger partial charge in [0.1, 0.15) is 0 Å². The number of hydrogen-bond donors (Lipinski definition) is 0. The van der Waals surface area contributed by atoms with Gasteiger partial charge < -0.3 is 0 Å². The van der Waals surface area contributed by atoms with E-state index in [9.17, 15) is 0 Å². The van der Waals surface area contributed by atoms with Gasteiger partial charge in [0.05, 0.1) is 0 Å². The summed E-state index contributed by atoms with van der Waals surface area (Å²) in [5.74, 6) is 1.33. The van der Waals surface area contributed by atoms with E-state index in [1.807, 2.05) is 0 Å². The Kier molecular flexibility index (Phi) is 13.3. The van der Waals surface area contributed by atoms with E-state index in [0.717, 1.165) is 23.4 Å². The van der Waals surface area contributed by atoms with Gasteiger partial charge in [-0.2, -0.15) is 0 Å². The molecule has 0 N–H and O–H groups in total. The van der Waals surface area contributed by atoms with Gasteiger partial charge in [-0.25, -0.2) is 0 Å². The molecule has 0 aliphatic heterocycles. The van der Waals surface area contributed by atoms with Crippen molar-refractivity contribution in [3.05, 3.63) is 48.2 Å². The summed E-state index contributed by atoms with van der Waals surface area (Å²) in [6, 6.07) is 0. The maximum atomic E-state index is 5.76. The fourth-order valence-corrected chi connectivity index (χ4v) is 12.8. The van der Waals surface area contributed by atoms with Crippen LogP contribution in [0.1, 0.15) is 111 Å². The Bertz CT molecular complexity index is 661. The molecule has 0 saturated heterocycles. The van der Waals surface area contributed by atoms with Crippen molar-refractivity contribution in [3.63, 3.8) is 0 Å². The van der Waals surface area contributed by atoms with Gasteiger partial charge in [-0.1, -0.05) is 103 Å². The van der Waals surface area contributed by atoms with Crippen LogP contribution in [0.3, 0.4) is 0 Å². The van der Waals surface area contributed by atoms with Crippen LogP contribution in [0.2, 0.25) is 0 Å². The number of hydrogen-bond acceptors (Lipinski definition) is 1. The normalized spacial score (nSPS) is 22.5. The molecule has 0 radical (unpaired) electrons. The molecule has 0 spiro atoms. The molecule has 1 nitrogen and oxygen atoms in total. The second-order valence-corrected chi connectivity index (χ2v) is 15.2. The Labute approximate surface area is 221 Å². The van der Waals surface area contributed by atoms with E-state index in [1.165, 1.54) is 82.7 Å². The molecular formula is C30H50NPTi. The quantitative estimate of drug-likeness (QED) is 0.186. The first kappa shape index (κ1) is 29.1. The van der Waals surface area contributed by atoms with E-state index in [0.29, 0.717) is 11.8 Å². The van der Waals surface area contributed by atoms with Crippen LogP contribution in [0.15, 0.2) is 53.0 Å². The molecule has 4 aliphatic carbocycles. The van der Waals surface area contributed by atoms with E-state index in [2.05, 4.69) is 70.2 Å². The van der Waals surface area contributed by atoms with E-state index < -0.39 is 7.05 Å². The molecule has 3 saturated carbocycles. The van der Waals surface area contributed by atoms with Gasteiger partial charge in [-0.3, -0.25) is 4.74 Å². The molecule has 184 valence electrons. The molecule has 3 fully saturated rings. The predicted molar refractivity (Wildman–Crippen MR) is 146 cm³/mol. The monoisotopic (exact) mass is 503 g/mol. The second kappa shape index (κ2) is 15.1. The molecule has 0 atom stereocenters. The maximum absolute atomic E-state index is 5.76. The van der Waals surface area contributed by atoms with Gasteiger partial charge in [0.15, 0.2) is 0 Å². The van der Waals surface area contributed by atoms with Gasteiger partial charge in [-0.15, -0.1) is 0 Å². The minimum atomic E-state index is -1.17. The molecule has 4 rings (SSSR count). The zero-order chi connectivity index (χ0) is 22.8. The average Bonchev–Trinajstić information content (AvgIpc) is 3.59. The molecule has 0 aromatic heterocycles. The molecule has 0 aromatic carbocycles.